The first-order valence-electron chi connectivity index (χ1n) is 4.50. The highest BCUT2D eigenvalue weighted by molar-refractivity contribution is 5.42. The summed E-state index contributed by atoms with van der Waals surface area (Å²) in [4.78, 5) is 0. The van der Waals surface area contributed by atoms with Crippen molar-refractivity contribution in [2.24, 2.45) is 5.73 Å². The summed E-state index contributed by atoms with van der Waals surface area (Å²) in [6.45, 7) is 1.93. The Kier molecular flexibility index (Phi) is 3.49. The van der Waals surface area contributed by atoms with Crippen molar-refractivity contribution >= 4 is 0 Å². The lowest BCUT2D eigenvalue weighted by atomic mass is 10.0. The molecule has 0 heterocycles. The van der Waals surface area contributed by atoms with Gasteiger partial charge in [0.25, 0.3) is 0 Å². The second-order valence-electron chi connectivity index (χ2n) is 3.32. The average molecular weight is 190 g/mol. The molecule has 1 aromatic carbocycles. The second kappa shape index (κ2) is 4.64. The molecule has 0 radical (unpaired) electrons. The van der Waals surface area contributed by atoms with E-state index in [0.29, 0.717) is 5.56 Å². The molecule has 3 nitrogen and oxygen atoms in total. The highest BCUT2D eigenvalue weighted by atomic mass is 16.5. The molecule has 1 atom stereocenters. The van der Waals surface area contributed by atoms with Gasteiger partial charge in [0.2, 0.25) is 0 Å². The van der Waals surface area contributed by atoms with Crippen molar-refractivity contribution < 1.29 is 4.74 Å². The summed E-state index contributed by atoms with van der Waals surface area (Å²) in [6, 6.07) is 7.53. The van der Waals surface area contributed by atoms with Crippen molar-refractivity contribution in [3.05, 3.63) is 29.3 Å². The summed E-state index contributed by atoms with van der Waals surface area (Å²) in [6.07, 6.45) is 0.721. The van der Waals surface area contributed by atoms with Crippen LogP contribution in [0.5, 0.6) is 5.75 Å². The Labute approximate surface area is 84.1 Å². The number of hydrogen-bond acceptors (Lipinski definition) is 3. The molecule has 74 valence electrons. The Morgan fingerprint density at radius 1 is 1.57 bits per heavy atom. The fraction of sp³-hybridized carbons (Fsp3) is 0.364. The van der Waals surface area contributed by atoms with Gasteiger partial charge in [0.15, 0.2) is 0 Å². The van der Waals surface area contributed by atoms with Crippen molar-refractivity contribution in [2.45, 2.75) is 19.4 Å². The maximum Gasteiger partial charge on any atom is 0.122 e. The van der Waals surface area contributed by atoms with E-state index in [4.69, 9.17) is 15.7 Å². The Morgan fingerprint density at radius 3 is 2.79 bits per heavy atom. The van der Waals surface area contributed by atoms with Crippen LogP contribution in [0.4, 0.5) is 0 Å². The molecule has 3 heteroatoms. The fourth-order valence-electron chi connectivity index (χ4n) is 1.35. The van der Waals surface area contributed by atoms with Crippen molar-refractivity contribution in [1.29, 1.82) is 5.26 Å². The minimum absolute atomic E-state index is 0.0674. The summed E-state index contributed by atoms with van der Waals surface area (Å²) in [5.41, 5.74) is 7.33. The minimum Gasteiger partial charge on any atom is -0.496 e. The van der Waals surface area contributed by atoms with Gasteiger partial charge in [0.1, 0.15) is 5.75 Å². The minimum atomic E-state index is 0.0674. The number of ether oxygens (including phenoxy) is 1. The predicted molar refractivity (Wildman–Crippen MR) is 55.1 cm³/mol. The molecule has 0 unspecified atom stereocenters. The van der Waals surface area contributed by atoms with Crippen LogP contribution in [0.3, 0.4) is 0 Å². The van der Waals surface area contributed by atoms with Crippen LogP contribution in [0.1, 0.15) is 18.1 Å². The highest BCUT2D eigenvalue weighted by Crippen LogP contribution is 2.20. The van der Waals surface area contributed by atoms with E-state index in [0.717, 1.165) is 17.7 Å². The zero-order chi connectivity index (χ0) is 10.6. The van der Waals surface area contributed by atoms with E-state index in [2.05, 4.69) is 6.07 Å². The standard InChI is InChI=1S/C11H14N2O/c1-8(13)5-10-6-9(7-12)3-4-11(10)14-2/h3-4,6,8H,5,13H2,1-2H3/t8-/m1/s1. The first kappa shape index (κ1) is 10.6. The maximum atomic E-state index is 8.74. The van der Waals surface area contributed by atoms with E-state index in [9.17, 15) is 0 Å². The van der Waals surface area contributed by atoms with E-state index >= 15 is 0 Å². The van der Waals surface area contributed by atoms with Crippen molar-refractivity contribution in [3.8, 4) is 11.8 Å². The fourth-order valence-corrected chi connectivity index (χ4v) is 1.35. The molecule has 2 N–H and O–H groups in total. The van der Waals surface area contributed by atoms with E-state index in [-0.39, 0.29) is 6.04 Å². The summed E-state index contributed by atoms with van der Waals surface area (Å²) in [5.74, 6) is 0.793. The number of hydrogen-bond donors (Lipinski definition) is 1. The smallest absolute Gasteiger partial charge is 0.122 e. The number of methoxy groups -OCH3 is 1. The summed E-state index contributed by atoms with van der Waals surface area (Å²) in [5, 5.41) is 8.74. The van der Waals surface area contributed by atoms with Crippen molar-refractivity contribution in [1.82, 2.24) is 0 Å². The number of benzene rings is 1. The van der Waals surface area contributed by atoms with Gasteiger partial charge >= 0.3 is 0 Å². The molecule has 0 aromatic heterocycles. The third-order valence-electron chi connectivity index (χ3n) is 1.95. The molecule has 1 rings (SSSR count). The zero-order valence-corrected chi connectivity index (χ0v) is 8.45. The lowest BCUT2D eigenvalue weighted by molar-refractivity contribution is 0.408. The molecular weight excluding hydrogens is 176 g/mol. The highest BCUT2D eigenvalue weighted by Gasteiger charge is 2.06. The van der Waals surface area contributed by atoms with Crippen LogP contribution >= 0.6 is 0 Å². The number of nitrogens with two attached hydrogens (primary N) is 1. The largest absolute Gasteiger partial charge is 0.496 e. The van der Waals surface area contributed by atoms with E-state index in [1.165, 1.54) is 0 Å². The van der Waals surface area contributed by atoms with Crippen LogP contribution in [0.15, 0.2) is 18.2 Å². The first-order chi connectivity index (χ1) is 6.67. The monoisotopic (exact) mass is 190 g/mol. The Balaban J connectivity index is 3.03. The lowest BCUT2D eigenvalue weighted by Crippen LogP contribution is -2.18. The van der Waals surface area contributed by atoms with Gasteiger partial charge in [-0.2, -0.15) is 5.26 Å². The predicted octanol–water partition coefficient (Wildman–Crippen LogP) is 1.46. The van der Waals surface area contributed by atoms with Crippen LogP contribution in [0.2, 0.25) is 0 Å². The van der Waals surface area contributed by atoms with Crippen LogP contribution in [-0.4, -0.2) is 13.2 Å². The van der Waals surface area contributed by atoms with Crippen molar-refractivity contribution in [3.63, 3.8) is 0 Å². The molecular formula is C11H14N2O. The van der Waals surface area contributed by atoms with Crippen LogP contribution in [0.25, 0.3) is 0 Å². The molecule has 0 aliphatic rings. The topological polar surface area (TPSA) is 59.0 Å². The van der Waals surface area contributed by atoms with Gasteiger partial charge in [-0.25, -0.2) is 0 Å². The van der Waals surface area contributed by atoms with Gasteiger partial charge in [0, 0.05) is 6.04 Å². The molecule has 0 bridgehead atoms. The van der Waals surface area contributed by atoms with Gasteiger partial charge < -0.3 is 10.5 Å². The molecule has 0 fully saturated rings. The quantitative estimate of drug-likeness (QED) is 0.784. The number of nitriles is 1. The Hall–Kier alpha value is -1.53. The SMILES string of the molecule is COc1ccc(C#N)cc1C[C@@H](C)N. The van der Waals surface area contributed by atoms with Gasteiger partial charge in [-0.15, -0.1) is 0 Å². The molecule has 1 aromatic rings. The summed E-state index contributed by atoms with van der Waals surface area (Å²) < 4.78 is 5.18. The molecule has 0 aliphatic carbocycles. The van der Waals surface area contributed by atoms with Gasteiger partial charge in [-0.3, -0.25) is 0 Å². The Morgan fingerprint density at radius 2 is 2.29 bits per heavy atom. The maximum absolute atomic E-state index is 8.74. The first-order valence-corrected chi connectivity index (χ1v) is 4.50. The third-order valence-corrected chi connectivity index (χ3v) is 1.95. The van der Waals surface area contributed by atoms with E-state index in [1.807, 2.05) is 13.0 Å². The molecule has 0 saturated carbocycles. The number of rotatable bonds is 3. The second-order valence-corrected chi connectivity index (χ2v) is 3.32. The van der Waals surface area contributed by atoms with Crippen LogP contribution < -0.4 is 10.5 Å². The van der Waals surface area contributed by atoms with Crippen LogP contribution in [-0.2, 0) is 6.42 Å². The molecule has 14 heavy (non-hydrogen) atoms. The van der Waals surface area contributed by atoms with E-state index < -0.39 is 0 Å². The lowest BCUT2D eigenvalue weighted by Gasteiger charge is -2.10. The average Bonchev–Trinajstić information content (AvgIpc) is 2.16. The van der Waals surface area contributed by atoms with Gasteiger partial charge in [-0.1, -0.05) is 0 Å². The molecule has 0 aliphatic heterocycles. The zero-order valence-electron chi connectivity index (χ0n) is 8.45. The summed E-state index contributed by atoms with van der Waals surface area (Å²) >= 11 is 0. The van der Waals surface area contributed by atoms with Gasteiger partial charge in [0.05, 0.1) is 18.7 Å². The Bertz CT molecular complexity index is 353. The number of nitrogens with zero attached hydrogens (tertiary/aromatic N) is 1. The van der Waals surface area contributed by atoms with Gasteiger partial charge in [-0.05, 0) is 37.1 Å². The molecule has 0 amide bonds. The molecule has 0 saturated heterocycles. The molecule has 0 spiro atoms. The third kappa shape index (κ3) is 2.48. The normalized spacial score (nSPS) is 11.9. The summed E-state index contributed by atoms with van der Waals surface area (Å²) in [7, 11) is 1.62. The van der Waals surface area contributed by atoms with Crippen molar-refractivity contribution in [2.75, 3.05) is 7.11 Å². The van der Waals surface area contributed by atoms with Crippen LogP contribution in [0, 0.1) is 11.3 Å². The van der Waals surface area contributed by atoms with E-state index in [1.54, 1.807) is 19.2 Å².